The Balaban J connectivity index is 2.83. The van der Waals surface area contributed by atoms with Crippen molar-refractivity contribution in [2.24, 2.45) is 0 Å². The lowest BCUT2D eigenvalue weighted by Crippen LogP contribution is -2.40. The van der Waals surface area contributed by atoms with Crippen molar-refractivity contribution in [1.82, 2.24) is 4.90 Å². The molecule has 0 aromatic carbocycles. The predicted octanol–water partition coefficient (Wildman–Crippen LogP) is 1.75. The Morgan fingerprint density at radius 2 is 1.89 bits per heavy atom. The first kappa shape index (κ1) is 15.0. The van der Waals surface area contributed by atoms with Crippen LogP contribution < -0.4 is 0 Å². The van der Waals surface area contributed by atoms with E-state index < -0.39 is 11.9 Å². The second-order valence-electron chi connectivity index (χ2n) is 3.69. The number of hydrogen-bond donors (Lipinski definition) is 2. The van der Waals surface area contributed by atoms with E-state index in [2.05, 4.69) is 0 Å². The van der Waals surface area contributed by atoms with Gasteiger partial charge in [0, 0.05) is 13.1 Å². The first-order valence-electron chi connectivity index (χ1n) is 5.36. The van der Waals surface area contributed by atoms with Crippen molar-refractivity contribution in [3.05, 3.63) is 23.5 Å². The molecule has 0 radical (unpaired) electrons. The molecule has 0 amide bonds. The van der Waals surface area contributed by atoms with Crippen molar-refractivity contribution < 1.29 is 23.0 Å². The molecule has 0 aliphatic carbocycles. The number of halogens is 3. The van der Waals surface area contributed by atoms with Crippen molar-refractivity contribution in [2.45, 2.75) is 6.18 Å². The molecule has 0 spiro atoms. The molecule has 0 aromatic heterocycles. The zero-order valence-corrected chi connectivity index (χ0v) is 9.87. The zero-order chi connectivity index (χ0) is 14.5. The third kappa shape index (κ3) is 4.30. The Hall–Kier alpha value is -2.01. The number of nitriles is 1. The third-order valence-electron chi connectivity index (χ3n) is 2.40. The molecule has 19 heavy (non-hydrogen) atoms. The van der Waals surface area contributed by atoms with Crippen LogP contribution in [0, 0.1) is 16.7 Å². The summed E-state index contributed by atoms with van der Waals surface area (Å²) in [5.74, 6) is -1.99. The summed E-state index contributed by atoms with van der Waals surface area (Å²) in [6, 6.07) is 1.64. The molecule has 5 nitrogen and oxygen atoms in total. The summed E-state index contributed by atoms with van der Waals surface area (Å²) in [5, 5.41) is 25.3. The van der Waals surface area contributed by atoms with E-state index in [4.69, 9.17) is 20.5 Å². The first-order chi connectivity index (χ1) is 8.86. The van der Waals surface area contributed by atoms with Gasteiger partial charge in [0.1, 0.15) is 11.9 Å². The second kappa shape index (κ2) is 6.24. The number of nitrogens with one attached hydrogen (secondary N) is 1. The zero-order valence-electron chi connectivity index (χ0n) is 9.87. The van der Waals surface area contributed by atoms with Gasteiger partial charge in [0.05, 0.1) is 18.8 Å². The fourth-order valence-electron chi connectivity index (χ4n) is 1.38. The minimum Gasteiger partial charge on any atom is -0.504 e. The maximum Gasteiger partial charge on any atom is 0.448 e. The summed E-state index contributed by atoms with van der Waals surface area (Å²) in [7, 11) is 0. The first-order valence-corrected chi connectivity index (χ1v) is 5.36. The Labute approximate surface area is 107 Å². The minimum absolute atomic E-state index is 0.183. The van der Waals surface area contributed by atoms with Gasteiger partial charge < -0.3 is 14.7 Å². The van der Waals surface area contributed by atoms with Crippen LogP contribution in [0.5, 0.6) is 0 Å². The van der Waals surface area contributed by atoms with Gasteiger partial charge in [-0.05, 0) is 12.2 Å². The van der Waals surface area contributed by atoms with Crippen LogP contribution in [-0.4, -0.2) is 48.3 Å². The highest BCUT2D eigenvalue weighted by atomic mass is 19.4. The van der Waals surface area contributed by atoms with Crippen molar-refractivity contribution in [1.29, 1.82) is 10.7 Å². The average molecular weight is 275 g/mol. The van der Waals surface area contributed by atoms with Gasteiger partial charge in [-0.1, -0.05) is 0 Å². The molecule has 1 aliphatic rings. The van der Waals surface area contributed by atoms with Crippen LogP contribution in [0.15, 0.2) is 23.5 Å². The molecule has 1 rings (SSSR count). The molecule has 1 aliphatic heterocycles. The molecule has 1 heterocycles. The molecule has 1 saturated heterocycles. The summed E-state index contributed by atoms with van der Waals surface area (Å²) in [4.78, 5) is 1.52. The normalized spacial score (nSPS) is 18.1. The fraction of sp³-hybridized carbons (Fsp3) is 0.455. The van der Waals surface area contributed by atoms with Crippen LogP contribution in [0.4, 0.5) is 13.2 Å². The minimum atomic E-state index is -4.86. The van der Waals surface area contributed by atoms with Crippen molar-refractivity contribution in [2.75, 3.05) is 26.3 Å². The van der Waals surface area contributed by atoms with Crippen LogP contribution in [0.3, 0.4) is 0 Å². The molecule has 0 bridgehead atoms. The summed E-state index contributed by atoms with van der Waals surface area (Å²) >= 11 is 0. The Morgan fingerprint density at radius 1 is 1.32 bits per heavy atom. The number of hydrogen-bond acceptors (Lipinski definition) is 4. The van der Waals surface area contributed by atoms with Gasteiger partial charge in [0.2, 0.25) is 0 Å². The Kier molecular flexibility index (Phi) is 4.94. The predicted molar refractivity (Wildman–Crippen MR) is 60.6 cm³/mol. The number of alkyl halides is 3. The molecule has 1 fully saturated rings. The Morgan fingerprint density at radius 3 is 2.37 bits per heavy atom. The van der Waals surface area contributed by atoms with Gasteiger partial charge in [-0.15, -0.1) is 0 Å². The lowest BCUT2D eigenvalue weighted by Gasteiger charge is -2.28. The monoisotopic (exact) mass is 275 g/mol. The SMILES string of the molecule is N#C/C(=C\C=C(/O)C(F)(F)F)C(=N)N1CCOCC1. The summed E-state index contributed by atoms with van der Waals surface area (Å²) < 4.78 is 41.2. The van der Waals surface area contributed by atoms with Crippen molar-refractivity contribution >= 4 is 5.84 Å². The average Bonchev–Trinajstić information content (AvgIpc) is 2.38. The van der Waals surface area contributed by atoms with Gasteiger partial charge in [-0.25, -0.2) is 0 Å². The van der Waals surface area contributed by atoms with Crippen LogP contribution in [0.2, 0.25) is 0 Å². The van der Waals surface area contributed by atoms with E-state index in [-0.39, 0.29) is 11.4 Å². The van der Waals surface area contributed by atoms with Gasteiger partial charge in [-0.3, -0.25) is 5.41 Å². The highest BCUT2D eigenvalue weighted by Gasteiger charge is 2.33. The molecule has 0 unspecified atom stereocenters. The number of morpholine rings is 1. The molecule has 2 N–H and O–H groups in total. The van der Waals surface area contributed by atoms with E-state index in [1.165, 1.54) is 4.90 Å². The number of rotatable bonds is 2. The molecule has 0 aromatic rings. The van der Waals surface area contributed by atoms with Crippen LogP contribution in [-0.2, 0) is 4.74 Å². The summed E-state index contributed by atoms with van der Waals surface area (Å²) in [6.45, 7) is 1.58. The standard InChI is InChI=1S/C11H12F3N3O2/c12-11(13,14)9(18)2-1-8(7-15)10(16)17-3-5-19-6-4-17/h1-2,16,18H,3-6H2/b8-1+,9-2-,16-10?. The van der Waals surface area contributed by atoms with E-state index >= 15 is 0 Å². The van der Waals surface area contributed by atoms with Gasteiger partial charge >= 0.3 is 6.18 Å². The number of ether oxygens (including phenoxy) is 1. The maximum absolute atomic E-state index is 12.0. The van der Waals surface area contributed by atoms with Gasteiger partial charge in [0.15, 0.2) is 5.76 Å². The van der Waals surface area contributed by atoms with Crippen molar-refractivity contribution in [3.63, 3.8) is 0 Å². The van der Waals surface area contributed by atoms with E-state index in [1.54, 1.807) is 6.07 Å². The molecule has 8 heteroatoms. The summed E-state index contributed by atoms with van der Waals surface area (Å²) in [6.07, 6.45) is -3.72. The number of allylic oxidation sites excluding steroid dienone is 3. The highest BCUT2D eigenvalue weighted by Crippen LogP contribution is 2.23. The van der Waals surface area contributed by atoms with E-state index in [0.29, 0.717) is 32.4 Å². The topological polar surface area (TPSA) is 80.3 Å². The van der Waals surface area contributed by atoms with E-state index in [9.17, 15) is 13.2 Å². The summed E-state index contributed by atoms with van der Waals surface area (Å²) in [5.41, 5.74) is -0.252. The second-order valence-corrected chi connectivity index (χ2v) is 3.69. The van der Waals surface area contributed by atoms with Crippen LogP contribution >= 0.6 is 0 Å². The molecule has 0 saturated carbocycles. The largest absolute Gasteiger partial charge is 0.504 e. The van der Waals surface area contributed by atoms with Crippen molar-refractivity contribution in [3.8, 4) is 6.07 Å². The van der Waals surface area contributed by atoms with Crippen LogP contribution in [0.1, 0.15) is 0 Å². The van der Waals surface area contributed by atoms with Gasteiger partial charge in [0.25, 0.3) is 0 Å². The van der Waals surface area contributed by atoms with Gasteiger partial charge in [-0.2, -0.15) is 18.4 Å². The quantitative estimate of drug-likeness (QED) is 0.264. The number of aliphatic hydroxyl groups is 1. The van der Waals surface area contributed by atoms with E-state index in [0.717, 1.165) is 6.08 Å². The fourth-order valence-corrected chi connectivity index (χ4v) is 1.38. The van der Waals surface area contributed by atoms with Crippen LogP contribution in [0.25, 0.3) is 0 Å². The molecular weight excluding hydrogens is 263 g/mol. The maximum atomic E-state index is 12.0. The highest BCUT2D eigenvalue weighted by molar-refractivity contribution is 5.99. The lowest BCUT2D eigenvalue weighted by atomic mass is 10.2. The van der Waals surface area contributed by atoms with E-state index in [1.807, 2.05) is 0 Å². The third-order valence-corrected chi connectivity index (χ3v) is 2.40. The molecule has 0 atom stereocenters. The number of amidine groups is 1. The number of nitrogens with zero attached hydrogens (tertiary/aromatic N) is 2. The smallest absolute Gasteiger partial charge is 0.448 e. The molecule has 104 valence electrons. The molecular formula is C11H12F3N3O2. The Bertz CT molecular complexity index is 443. The lowest BCUT2D eigenvalue weighted by molar-refractivity contribution is -0.120. The number of aliphatic hydroxyl groups excluding tert-OH is 1.